The van der Waals surface area contributed by atoms with Crippen molar-refractivity contribution in [3.05, 3.63) is 82.7 Å². The second-order valence-corrected chi connectivity index (χ2v) is 10.4. The molecule has 2 fully saturated rings. The molecule has 3 aromatic heterocycles. The molecule has 220 valence electrons. The fourth-order valence-corrected chi connectivity index (χ4v) is 5.23. The number of halogens is 1. The number of carbonyl (C=O) groups excluding carboxylic acids is 1. The summed E-state index contributed by atoms with van der Waals surface area (Å²) in [6, 6.07) is 14.3. The molecule has 1 unspecified atom stereocenters. The van der Waals surface area contributed by atoms with Crippen molar-refractivity contribution in [1.82, 2.24) is 19.5 Å². The molecule has 1 atom stereocenters. The Labute approximate surface area is 248 Å². The maximum Gasteiger partial charge on any atom is 0.341 e. The van der Waals surface area contributed by atoms with Crippen molar-refractivity contribution in [2.75, 3.05) is 31.2 Å². The molecule has 5 heterocycles. The number of nitriles is 1. The maximum atomic E-state index is 15.7. The molecule has 0 radical (unpaired) electrons. The van der Waals surface area contributed by atoms with Gasteiger partial charge in [0.15, 0.2) is 5.82 Å². The summed E-state index contributed by atoms with van der Waals surface area (Å²) in [5.74, 6) is 0.674. The highest BCUT2D eigenvalue weighted by atomic mass is 19.1. The molecule has 2 saturated heterocycles. The SMILES string of the molecule is CCOC(=O)c1ccc2nc(C=C3CCN(c4cccc(OCc5ccc(C#N)cn5)n4)CC3)n(CC3CCO3)c2c1F. The molecule has 11 heteroatoms. The van der Waals surface area contributed by atoms with Crippen LogP contribution in [0.4, 0.5) is 10.2 Å². The number of benzene rings is 1. The van der Waals surface area contributed by atoms with E-state index in [1.807, 2.05) is 28.8 Å². The Morgan fingerprint density at radius 1 is 1.19 bits per heavy atom. The molecule has 4 aromatic rings. The molecule has 0 N–H and O–H groups in total. The van der Waals surface area contributed by atoms with Gasteiger partial charge < -0.3 is 23.7 Å². The lowest BCUT2D eigenvalue weighted by Gasteiger charge is -2.30. The highest BCUT2D eigenvalue weighted by molar-refractivity contribution is 5.94. The van der Waals surface area contributed by atoms with Crippen LogP contribution in [0.15, 0.2) is 54.2 Å². The molecule has 43 heavy (non-hydrogen) atoms. The molecule has 6 rings (SSSR count). The Morgan fingerprint density at radius 3 is 2.72 bits per heavy atom. The van der Waals surface area contributed by atoms with E-state index in [0.717, 1.165) is 38.2 Å². The van der Waals surface area contributed by atoms with Crippen LogP contribution in [-0.2, 0) is 22.6 Å². The third-order valence-corrected chi connectivity index (χ3v) is 7.64. The van der Waals surface area contributed by atoms with Crippen LogP contribution in [0.3, 0.4) is 0 Å². The van der Waals surface area contributed by atoms with E-state index in [2.05, 4.69) is 20.9 Å². The van der Waals surface area contributed by atoms with E-state index in [1.54, 1.807) is 25.1 Å². The first-order valence-corrected chi connectivity index (χ1v) is 14.4. The number of ether oxygens (including phenoxy) is 3. The lowest BCUT2D eigenvalue weighted by atomic mass is 10.0. The first kappa shape index (κ1) is 28.3. The van der Waals surface area contributed by atoms with Crippen molar-refractivity contribution >= 4 is 28.9 Å². The van der Waals surface area contributed by atoms with Gasteiger partial charge in [-0.2, -0.15) is 10.2 Å². The molecule has 0 spiro atoms. The normalized spacial score (nSPS) is 16.4. The number of hydrogen-bond acceptors (Lipinski definition) is 9. The Bertz CT molecular complexity index is 1700. The van der Waals surface area contributed by atoms with Gasteiger partial charge in [0.2, 0.25) is 5.88 Å². The summed E-state index contributed by atoms with van der Waals surface area (Å²) in [5.41, 5.74) is 3.11. The number of carbonyl (C=O) groups is 1. The number of esters is 1. The van der Waals surface area contributed by atoms with Crippen molar-refractivity contribution < 1.29 is 23.4 Å². The zero-order valence-corrected chi connectivity index (χ0v) is 23.8. The number of piperidine rings is 1. The van der Waals surface area contributed by atoms with Gasteiger partial charge in [0.25, 0.3) is 0 Å². The number of anilines is 1. The quantitative estimate of drug-likeness (QED) is 0.250. The minimum atomic E-state index is -0.684. The Morgan fingerprint density at radius 2 is 2.02 bits per heavy atom. The summed E-state index contributed by atoms with van der Waals surface area (Å²) in [6.07, 6.45) is 6.02. The lowest BCUT2D eigenvalue weighted by molar-refractivity contribution is -0.0588. The lowest BCUT2D eigenvalue weighted by Crippen LogP contribution is -2.32. The second-order valence-electron chi connectivity index (χ2n) is 10.4. The largest absolute Gasteiger partial charge is 0.471 e. The van der Waals surface area contributed by atoms with Crippen molar-refractivity contribution in [1.29, 1.82) is 5.26 Å². The number of nitrogens with zero attached hydrogens (tertiary/aromatic N) is 6. The molecule has 0 amide bonds. The fourth-order valence-electron chi connectivity index (χ4n) is 5.23. The number of fused-ring (bicyclic) bond motifs is 1. The third kappa shape index (κ3) is 6.20. The van der Waals surface area contributed by atoms with Gasteiger partial charge >= 0.3 is 5.97 Å². The van der Waals surface area contributed by atoms with Gasteiger partial charge in [-0.15, -0.1) is 0 Å². The van der Waals surface area contributed by atoms with E-state index in [0.29, 0.717) is 47.1 Å². The van der Waals surface area contributed by atoms with Gasteiger partial charge in [0.05, 0.1) is 41.6 Å². The first-order chi connectivity index (χ1) is 21.0. The van der Waals surface area contributed by atoms with Gasteiger partial charge in [0, 0.05) is 32.0 Å². The number of hydrogen-bond donors (Lipinski definition) is 0. The highest BCUT2D eigenvalue weighted by Crippen LogP contribution is 2.29. The summed E-state index contributed by atoms with van der Waals surface area (Å²) in [5, 5.41) is 8.94. The monoisotopic (exact) mass is 582 g/mol. The molecule has 0 aliphatic carbocycles. The maximum absolute atomic E-state index is 15.7. The van der Waals surface area contributed by atoms with Crippen LogP contribution in [0.2, 0.25) is 0 Å². The van der Waals surface area contributed by atoms with Crippen molar-refractivity contribution in [3.63, 3.8) is 0 Å². The van der Waals surface area contributed by atoms with Crippen molar-refractivity contribution in [3.8, 4) is 11.9 Å². The topological polar surface area (TPSA) is 115 Å². The summed E-state index contributed by atoms with van der Waals surface area (Å²) >= 11 is 0. The zero-order valence-electron chi connectivity index (χ0n) is 23.8. The van der Waals surface area contributed by atoms with Crippen LogP contribution in [0, 0.1) is 17.1 Å². The molecule has 2 aliphatic heterocycles. The number of aromatic nitrogens is 4. The third-order valence-electron chi connectivity index (χ3n) is 7.64. The summed E-state index contributed by atoms with van der Waals surface area (Å²) in [6.45, 7) is 4.78. The Kier molecular flexibility index (Phi) is 8.29. The number of imidazole rings is 1. The molecular formula is C32H31FN6O4. The van der Waals surface area contributed by atoms with E-state index < -0.39 is 11.8 Å². The highest BCUT2D eigenvalue weighted by Gasteiger charge is 2.26. The fraction of sp³-hybridized carbons (Fsp3) is 0.344. The van der Waals surface area contributed by atoms with Crippen LogP contribution < -0.4 is 9.64 Å². The van der Waals surface area contributed by atoms with Crippen LogP contribution in [0.1, 0.15) is 53.6 Å². The second kappa shape index (κ2) is 12.6. The zero-order chi connectivity index (χ0) is 29.8. The summed E-state index contributed by atoms with van der Waals surface area (Å²) in [4.78, 5) is 28.2. The smallest absolute Gasteiger partial charge is 0.341 e. The minimum absolute atomic E-state index is 0.0182. The average molecular weight is 583 g/mol. The van der Waals surface area contributed by atoms with Gasteiger partial charge in [-0.05, 0) is 62.6 Å². The van der Waals surface area contributed by atoms with Crippen LogP contribution in [-0.4, -0.2) is 57.9 Å². The van der Waals surface area contributed by atoms with E-state index >= 15 is 4.39 Å². The van der Waals surface area contributed by atoms with Gasteiger partial charge in [-0.1, -0.05) is 11.6 Å². The molecule has 10 nitrogen and oxygen atoms in total. The summed E-state index contributed by atoms with van der Waals surface area (Å²) in [7, 11) is 0. The Balaban J connectivity index is 1.17. The van der Waals surface area contributed by atoms with Gasteiger partial charge in [-0.25, -0.2) is 14.2 Å². The minimum Gasteiger partial charge on any atom is -0.471 e. The predicted molar refractivity (Wildman–Crippen MR) is 157 cm³/mol. The molecule has 0 saturated carbocycles. The van der Waals surface area contributed by atoms with Crippen LogP contribution >= 0.6 is 0 Å². The first-order valence-electron chi connectivity index (χ1n) is 14.4. The molecular weight excluding hydrogens is 551 g/mol. The van der Waals surface area contributed by atoms with Gasteiger partial charge in [0.1, 0.15) is 29.8 Å². The van der Waals surface area contributed by atoms with E-state index in [9.17, 15) is 4.79 Å². The van der Waals surface area contributed by atoms with E-state index in [-0.39, 0.29) is 24.9 Å². The standard InChI is InChI=1S/C32H31FN6O4/c1-2-41-32(40)25-8-9-26-31(30(25)33)39(19-24-12-15-42-24)28(36-26)16-21-10-13-38(14-11-21)27-4-3-5-29(37-27)43-20-23-7-6-22(17-34)18-35-23/h3-9,16,18,24H,2,10-15,19-20H2,1H3. The predicted octanol–water partition coefficient (Wildman–Crippen LogP) is 5.07. The van der Waals surface area contributed by atoms with Crippen LogP contribution in [0.5, 0.6) is 5.88 Å². The molecule has 0 bridgehead atoms. The molecule has 1 aromatic carbocycles. The van der Waals surface area contributed by atoms with Crippen molar-refractivity contribution in [2.45, 2.75) is 45.4 Å². The van der Waals surface area contributed by atoms with E-state index in [4.69, 9.17) is 24.5 Å². The molecule has 2 aliphatic rings. The summed E-state index contributed by atoms with van der Waals surface area (Å²) < 4.78 is 34.1. The number of pyridine rings is 2. The number of rotatable bonds is 9. The van der Waals surface area contributed by atoms with Crippen LogP contribution in [0.25, 0.3) is 17.1 Å². The van der Waals surface area contributed by atoms with E-state index in [1.165, 1.54) is 17.8 Å². The van der Waals surface area contributed by atoms with Crippen molar-refractivity contribution in [2.24, 2.45) is 0 Å². The average Bonchev–Trinajstić information content (AvgIpc) is 3.36. The van der Waals surface area contributed by atoms with Gasteiger partial charge in [-0.3, -0.25) is 4.98 Å². The Hall–Kier alpha value is -4.82.